The van der Waals surface area contributed by atoms with Gasteiger partial charge in [-0.1, -0.05) is 30.3 Å². The largest absolute Gasteiger partial charge is 0.399 e. The summed E-state index contributed by atoms with van der Waals surface area (Å²) in [7, 11) is 0. The molecule has 0 aromatic heterocycles. The number of nitrogens with two attached hydrogens (primary N) is 1. The van der Waals surface area contributed by atoms with Crippen LogP contribution in [-0.2, 0) is 22.4 Å². The van der Waals surface area contributed by atoms with Gasteiger partial charge in [-0.05, 0) is 42.2 Å². The molecule has 0 aliphatic heterocycles. The minimum atomic E-state index is -0.0888. The number of hydrogen-bond donors (Lipinski definition) is 3. The molecule has 126 valence electrons. The van der Waals surface area contributed by atoms with Gasteiger partial charge in [0, 0.05) is 31.3 Å². The second kappa shape index (κ2) is 8.72. The van der Waals surface area contributed by atoms with Gasteiger partial charge in [0.15, 0.2) is 0 Å². The van der Waals surface area contributed by atoms with Crippen LogP contribution < -0.4 is 16.4 Å². The third kappa shape index (κ3) is 5.76. The van der Waals surface area contributed by atoms with Crippen molar-refractivity contribution >= 4 is 23.2 Å². The summed E-state index contributed by atoms with van der Waals surface area (Å²) in [5, 5.41) is 5.64. The van der Waals surface area contributed by atoms with Gasteiger partial charge in [0.2, 0.25) is 11.8 Å². The molecule has 4 N–H and O–H groups in total. The van der Waals surface area contributed by atoms with E-state index in [0.29, 0.717) is 19.4 Å². The van der Waals surface area contributed by atoms with E-state index in [0.717, 1.165) is 28.9 Å². The standard InChI is InChI=1S/C19H23N3O2/c1-14(23)22-17-9-6-15(7-10-17)12-13-21-19(24)11-8-16-4-2-3-5-18(16)20/h2-7,9-10H,8,11-13,20H2,1H3,(H,21,24)(H,22,23). The number of anilines is 2. The van der Waals surface area contributed by atoms with Gasteiger partial charge in [-0.3, -0.25) is 9.59 Å². The molecular weight excluding hydrogens is 302 g/mol. The van der Waals surface area contributed by atoms with Crippen LogP contribution in [0.5, 0.6) is 0 Å². The highest BCUT2D eigenvalue weighted by Crippen LogP contribution is 2.12. The lowest BCUT2D eigenvalue weighted by molar-refractivity contribution is -0.121. The average Bonchev–Trinajstić information content (AvgIpc) is 2.55. The lowest BCUT2D eigenvalue weighted by Gasteiger charge is -2.08. The van der Waals surface area contributed by atoms with E-state index in [1.54, 1.807) is 0 Å². The molecule has 0 spiro atoms. The van der Waals surface area contributed by atoms with Crippen molar-refractivity contribution in [2.45, 2.75) is 26.2 Å². The van der Waals surface area contributed by atoms with Gasteiger partial charge in [0.1, 0.15) is 0 Å². The SMILES string of the molecule is CC(=O)Nc1ccc(CCNC(=O)CCc2ccccc2N)cc1. The zero-order valence-corrected chi connectivity index (χ0v) is 13.8. The van der Waals surface area contributed by atoms with Gasteiger partial charge in [-0.25, -0.2) is 0 Å². The summed E-state index contributed by atoms with van der Waals surface area (Å²) < 4.78 is 0. The maximum Gasteiger partial charge on any atom is 0.221 e. The van der Waals surface area contributed by atoms with Gasteiger partial charge in [-0.15, -0.1) is 0 Å². The third-order valence-electron chi connectivity index (χ3n) is 3.69. The minimum Gasteiger partial charge on any atom is -0.399 e. The molecule has 0 radical (unpaired) electrons. The number of carbonyl (C=O) groups is 2. The van der Waals surface area contributed by atoms with E-state index in [9.17, 15) is 9.59 Å². The highest BCUT2D eigenvalue weighted by Gasteiger charge is 2.04. The Morgan fingerprint density at radius 1 is 1.00 bits per heavy atom. The summed E-state index contributed by atoms with van der Waals surface area (Å²) in [6.07, 6.45) is 1.82. The van der Waals surface area contributed by atoms with Crippen molar-refractivity contribution in [2.75, 3.05) is 17.6 Å². The van der Waals surface area contributed by atoms with Crippen molar-refractivity contribution in [1.29, 1.82) is 0 Å². The normalized spacial score (nSPS) is 10.2. The highest BCUT2D eigenvalue weighted by atomic mass is 16.2. The number of rotatable bonds is 7. The molecule has 2 amide bonds. The molecule has 24 heavy (non-hydrogen) atoms. The van der Waals surface area contributed by atoms with Crippen molar-refractivity contribution in [3.8, 4) is 0 Å². The number of amides is 2. The summed E-state index contributed by atoms with van der Waals surface area (Å²) >= 11 is 0. The molecule has 0 unspecified atom stereocenters. The molecule has 2 aromatic rings. The molecule has 5 nitrogen and oxygen atoms in total. The predicted octanol–water partition coefficient (Wildman–Crippen LogP) is 2.52. The smallest absolute Gasteiger partial charge is 0.221 e. The van der Waals surface area contributed by atoms with E-state index >= 15 is 0 Å². The van der Waals surface area contributed by atoms with Gasteiger partial charge in [-0.2, -0.15) is 0 Å². The van der Waals surface area contributed by atoms with Crippen LogP contribution in [0.25, 0.3) is 0 Å². The second-order valence-electron chi connectivity index (χ2n) is 5.68. The topological polar surface area (TPSA) is 84.2 Å². The Kier molecular flexibility index (Phi) is 6.37. The molecule has 5 heteroatoms. The van der Waals surface area contributed by atoms with Crippen LogP contribution in [0, 0.1) is 0 Å². The van der Waals surface area contributed by atoms with Crippen LogP contribution in [0.4, 0.5) is 11.4 Å². The molecule has 0 aliphatic rings. The third-order valence-corrected chi connectivity index (χ3v) is 3.69. The van der Waals surface area contributed by atoms with Gasteiger partial charge < -0.3 is 16.4 Å². The Balaban J connectivity index is 1.70. The minimum absolute atomic E-state index is 0.0214. The van der Waals surface area contributed by atoms with Crippen LogP contribution in [0.15, 0.2) is 48.5 Å². The molecule has 0 aliphatic carbocycles. The molecular formula is C19H23N3O2. The zero-order chi connectivity index (χ0) is 17.4. The van der Waals surface area contributed by atoms with E-state index in [2.05, 4.69) is 10.6 Å². The van der Waals surface area contributed by atoms with E-state index in [1.165, 1.54) is 6.92 Å². The van der Waals surface area contributed by atoms with Gasteiger partial charge >= 0.3 is 0 Å². The fourth-order valence-electron chi connectivity index (χ4n) is 2.40. The number of aryl methyl sites for hydroxylation is 1. The molecule has 2 rings (SSSR count). The Morgan fingerprint density at radius 3 is 2.38 bits per heavy atom. The number of carbonyl (C=O) groups excluding carboxylic acids is 2. The lowest BCUT2D eigenvalue weighted by Crippen LogP contribution is -2.25. The maximum absolute atomic E-state index is 11.9. The molecule has 0 saturated heterocycles. The van der Waals surface area contributed by atoms with Crippen LogP contribution in [0.3, 0.4) is 0 Å². The summed E-state index contributed by atoms with van der Waals surface area (Å²) in [6.45, 7) is 2.06. The first-order valence-corrected chi connectivity index (χ1v) is 8.01. The van der Waals surface area contributed by atoms with Crippen LogP contribution in [0.1, 0.15) is 24.5 Å². The monoisotopic (exact) mass is 325 g/mol. The first kappa shape index (κ1) is 17.5. The summed E-state index contributed by atoms with van der Waals surface area (Å²) in [5.41, 5.74) is 9.48. The molecule has 0 atom stereocenters. The maximum atomic E-state index is 11.9. The number of para-hydroxylation sites is 1. The predicted molar refractivity (Wildman–Crippen MR) is 96.6 cm³/mol. The number of hydrogen-bond acceptors (Lipinski definition) is 3. The Morgan fingerprint density at radius 2 is 1.71 bits per heavy atom. The fraction of sp³-hybridized carbons (Fsp3) is 0.263. The average molecular weight is 325 g/mol. The number of nitrogen functional groups attached to an aromatic ring is 1. The second-order valence-corrected chi connectivity index (χ2v) is 5.68. The van der Waals surface area contributed by atoms with Crippen molar-refractivity contribution in [3.05, 3.63) is 59.7 Å². The van der Waals surface area contributed by atoms with Crippen molar-refractivity contribution < 1.29 is 9.59 Å². The van der Waals surface area contributed by atoms with Crippen LogP contribution >= 0.6 is 0 Å². The summed E-state index contributed by atoms with van der Waals surface area (Å²) in [4.78, 5) is 22.9. The molecule has 0 fully saturated rings. The Labute approximate surface area is 142 Å². The number of benzene rings is 2. The Bertz CT molecular complexity index is 696. The lowest BCUT2D eigenvalue weighted by atomic mass is 10.1. The molecule has 0 heterocycles. The molecule has 0 bridgehead atoms. The fourth-order valence-corrected chi connectivity index (χ4v) is 2.40. The van der Waals surface area contributed by atoms with Crippen molar-refractivity contribution in [1.82, 2.24) is 5.32 Å². The van der Waals surface area contributed by atoms with Gasteiger partial charge in [0.05, 0.1) is 0 Å². The summed E-state index contributed by atoms with van der Waals surface area (Å²) in [5.74, 6) is -0.0674. The molecule has 2 aromatic carbocycles. The van der Waals surface area contributed by atoms with E-state index in [1.807, 2.05) is 48.5 Å². The van der Waals surface area contributed by atoms with Crippen molar-refractivity contribution in [2.24, 2.45) is 0 Å². The Hall–Kier alpha value is -2.82. The quantitative estimate of drug-likeness (QED) is 0.684. The summed E-state index contributed by atoms with van der Waals surface area (Å²) in [6, 6.07) is 15.2. The van der Waals surface area contributed by atoms with Gasteiger partial charge in [0.25, 0.3) is 0 Å². The highest BCUT2D eigenvalue weighted by molar-refractivity contribution is 5.88. The zero-order valence-electron chi connectivity index (χ0n) is 13.8. The van der Waals surface area contributed by atoms with Crippen molar-refractivity contribution in [3.63, 3.8) is 0 Å². The molecule has 0 saturated carbocycles. The van der Waals surface area contributed by atoms with E-state index in [4.69, 9.17) is 5.73 Å². The van der Waals surface area contributed by atoms with Crippen LogP contribution in [0.2, 0.25) is 0 Å². The number of nitrogens with one attached hydrogen (secondary N) is 2. The first-order valence-electron chi connectivity index (χ1n) is 8.01. The van der Waals surface area contributed by atoms with E-state index < -0.39 is 0 Å². The van der Waals surface area contributed by atoms with E-state index in [-0.39, 0.29) is 11.8 Å². The van der Waals surface area contributed by atoms with Crippen LogP contribution in [-0.4, -0.2) is 18.4 Å². The first-order chi connectivity index (χ1) is 11.5.